The summed E-state index contributed by atoms with van der Waals surface area (Å²) in [7, 11) is 1.50. The average molecular weight is 375 g/mol. The second-order valence-electron chi connectivity index (χ2n) is 5.52. The highest BCUT2D eigenvalue weighted by atomic mass is 32.2. The smallest absolute Gasteiger partial charge is 0.266 e. The molecule has 8 heteroatoms. The lowest BCUT2D eigenvalue weighted by Crippen LogP contribution is -2.29. The molecule has 1 N–H and O–H groups in total. The Morgan fingerprint density at radius 3 is 2.65 bits per heavy atom. The number of carbonyl (C=O) groups excluding carboxylic acids is 1. The van der Waals surface area contributed by atoms with Crippen molar-refractivity contribution >= 4 is 28.6 Å². The number of halogens is 2. The zero-order valence-electron chi connectivity index (χ0n) is 14.0. The molecular weight excluding hydrogens is 360 g/mol. The molecule has 3 rings (SSSR count). The number of rotatable bonds is 4. The van der Waals surface area contributed by atoms with E-state index in [1.165, 1.54) is 13.1 Å². The minimum atomic E-state index is -0.890. The fourth-order valence-corrected chi connectivity index (χ4v) is 3.46. The largest absolute Gasteiger partial charge is 0.358 e. The topological polar surface area (TPSA) is 64.0 Å². The van der Waals surface area contributed by atoms with E-state index in [1.807, 2.05) is 0 Å². The van der Waals surface area contributed by atoms with Gasteiger partial charge in [-0.25, -0.2) is 13.8 Å². The third-order valence-corrected chi connectivity index (χ3v) is 4.85. The van der Waals surface area contributed by atoms with Gasteiger partial charge in [-0.15, -0.1) is 0 Å². The van der Waals surface area contributed by atoms with Crippen molar-refractivity contribution in [2.24, 2.45) is 0 Å². The summed E-state index contributed by atoms with van der Waals surface area (Å²) in [6, 6.07) is 9.60. The second-order valence-corrected chi connectivity index (χ2v) is 6.83. The molecule has 0 saturated carbocycles. The van der Waals surface area contributed by atoms with Gasteiger partial charge in [-0.3, -0.25) is 14.2 Å². The van der Waals surface area contributed by atoms with Gasteiger partial charge in [-0.1, -0.05) is 23.9 Å². The Hall–Kier alpha value is -2.74. The first kappa shape index (κ1) is 18.1. The molecule has 0 radical (unpaired) electrons. The molecule has 0 aliphatic carbocycles. The van der Waals surface area contributed by atoms with Gasteiger partial charge in [-0.2, -0.15) is 0 Å². The summed E-state index contributed by atoms with van der Waals surface area (Å²) in [5.41, 5.74) is -0.183. The highest BCUT2D eigenvalue weighted by molar-refractivity contribution is 8.00. The molecule has 0 aliphatic heterocycles. The van der Waals surface area contributed by atoms with E-state index < -0.39 is 22.4 Å². The van der Waals surface area contributed by atoms with Gasteiger partial charge in [0.2, 0.25) is 5.91 Å². The Morgan fingerprint density at radius 1 is 1.23 bits per heavy atom. The number of para-hydroxylation sites is 1. The number of benzene rings is 2. The van der Waals surface area contributed by atoms with Crippen LogP contribution >= 0.6 is 11.8 Å². The molecule has 1 unspecified atom stereocenters. The van der Waals surface area contributed by atoms with Crippen molar-refractivity contribution < 1.29 is 13.6 Å². The lowest BCUT2D eigenvalue weighted by atomic mass is 10.2. The van der Waals surface area contributed by atoms with Crippen LogP contribution < -0.4 is 10.9 Å². The number of amides is 1. The first-order valence-corrected chi connectivity index (χ1v) is 8.66. The Morgan fingerprint density at radius 2 is 1.96 bits per heavy atom. The minimum Gasteiger partial charge on any atom is -0.358 e. The zero-order valence-corrected chi connectivity index (χ0v) is 14.8. The van der Waals surface area contributed by atoms with Gasteiger partial charge < -0.3 is 5.32 Å². The van der Waals surface area contributed by atoms with Crippen LogP contribution in [0.25, 0.3) is 16.6 Å². The van der Waals surface area contributed by atoms with Crippen LogP contribution in [0.4, 0.5) is 8.78 Å². The molecule has 0 saturated heterocycles. The summed E-state index contributed by atoms with van der Waals surface area (Å²) in [5, 5.41) is 2.40. The molecule has 134 valence electrons. The molecule has 1 aromatic heterocycles. The summed E-state index contributed by atoms with van der Waals surface area (Å²) in [6.07, 6.45) is 0. The monoisotopic (exact) mass is 375 g/mol. The van der Waals surface area contributed by atoms with Crippen molar-refractivity contribution in [3.63, 3.8) is 0 Å². The molecule has 1 heterocycles. The maximum Gasteiger partial charge on any atom is 0.266 e. The van der Waals surface area contributed by atoms with Crippen LogP contribution in [0.15, 0.2) is 52.4 Å². The zero-order chi connectivity index (χ0) is 18.8. The number of thioether (sulfide) groups is 1. The third kappa shape index (κ3) is 3.32. The van der Waals surface area contributed by atoms with Crippen LogP contribution in [0.3, 0.4) is 0 Å². The van der Waals surface area contributed by atoms with E-state index in [0.717, 1.165) is 22.4 Å². The van der Waals surface area contributed by atoms with Gasteiger partial charge in [0.05, 0.1) is 21.8 Å². The van der Waals surface area contributed by atoms with Gasteiger partial charge in [0.1, 0.15) is 11.6 Å². The van der Waals surface area contributed by atoms with Crippen molar-refractivity contribution in [3.8, 4) is 5.69 Å². The molecule has 1 atom stereocenters. The molecule has 0 fully saturated rings. The summed E-state index contributed by atoms with van der Waals surface area (Å²) in [4.78, 5) is 29.2. The standard InChI is InChI=1S/C18H15F2N3O2S/c1-10(16(24)21-2)26-18-22-14-6-4-3-5-12(14)17(25)23(18)15-8-7-11(19)9-13(15)20/h3-10H,1-2H3,(H,21,24). The normalized spacial score (nSPS) is 12.2. The van der Waals surface area contributed by atoms with Gasteiger partial charge in [-0.05, 0) is 31.2 Å². The molecule has 0 aliphatic rings. The SMILES string of the molecule is CNC(=O)C(C)Sc1nc2ccccc2c(=O)n1-c1ccc(F)cc1F. The van der Waals surface area contributed by atoms with E-state index in [9.17, 15) is 18.4 Å². The van der Waals surface area contributed by atoms with E-state index in [2.05, 4.69) is 10.3 Å². The van der Waals surface area contributed by atoms with Gasteiger partial charge in [0.25, 0.3) is 5.56 Å². The van der Waals surface area contributed by atoms with Crippen LogP contribution in [0.2, 0.25) is 0 Å². The van der Waals surface area contributed by atoms with Gasteiger partial charge >= 0.3 is 0 Å². The molecule has 2 aromatic carbocycles. The fraction of sp³-hybridized carbons (Fsp3) is 0.167. The first-order valence-electron chi connectivity index (χ1n) is 7.78. The summed E-state index contributed by atoms with van der Waals surface area (Å²) >= 11 is 1.02. The second kappa shape index (κ2) is 7.25. The van der Waals surface area contributed by atoms with Crippen molar-refractivity contribution in [1.82, 2.24) is 14.9 Å². The number of fused-ring (bicyclic) bond motifs is 1. The predicted molar refractivity (Wildman–Crippen MR) is 96.6 cm³/mol. The lowest BCUT2D eigenvalue weighted by Gasteiger charge is -2.16. The Labute approximate surface area is 152 Å². The molecular formula is C18H15F2N3O2S. The van der Waals surface area contributed by atoms with E-state index in [1.54, 1.807) is 31.2 Å². The fourth-order valence-electron chi connectivity index (χ4n) is 2.48. The quantitative estimate of drug-likeness (QED) is 0.563. The predicted octanol–water partition coefficient (Wildman–Crippen LogP) is 2.89. The van der Waals surface area contributed by atoms with Gasteiger partial charge in [0.15, 0.2) is 5.16 Å². The van der Waals surface area contributed by atoms with Crippen LogP contribution in [0.1, 0.15) is 6.92 Å². The van der Waals surface area contributed by atoms with Gasteiger partial charge in [0, 0.05) is 13.1 Å². The molecule has 5 nitrogen and oxygen atoms in total. The number of carbonyl (C=O) groups is 1. The molecule has 3 aromatic rings. The maximum absolute atomic E-state index is 14.3. The molecule has 1 amide bonds. The highest BCUT2D eigenvalue weighted by Gasteiger charge is 2.21. The third-order valence-electron chi connectivity index (χ3n) is 3.79. The van der Waals surface area contributed by atoms with Crippen molar-refractivity contribution in [2.75, 3.05) is 7.05 Å². The number of nitrogens with one attached hydrogen (secondary N) is 1. The lowest BCUT2D eigenvalue weighted by molar-refractivity contribution is -0.119. The highest BCUT2D eigenvalue weighted by Crippen LogP contribution is 2.26. The van der Waals surface area contributed by atoms with Crippen molar-refractivity contribution in [2.45, 2.75) is 17.3 Å². The number of hydrogen-bond acceptors (Lipinski definition) is 4. The van der Waals surface area contributed by atoms with Crippen molar-refractivity contribution in [1.29, 1.82) is 0 Å². The van der Waals surface area contributed by atoms with E-state index >= 15 is 0 Å². The van der Waals surface area contributed by atoms with Crippen LogP contribution in [-0.2, 0) is 4.79 Å². The Kier molecular flexibility index (Phi) is 5.03. The average Bonchev–Trinajstić information content (AvgIpc) is 2.62. The Balaban J connectivity index is 2.27. The minimum absolute atomic E-state index is 0.124. The summed E-state index contributed by atoms with van der Waals surface area (Å²) in [5.74, 6) is -1.90. The number of nitrogens with zero attached hydrogens (tertiary/aromatic N) is 2. The van der Waals surface area contributed by atoms with E-state index in [4.69, 9.17) is 0 Å². The maximum atomic E-state index is 14.3. The number of aromatic nitrogens is 2. The number of hydrogen-bond donors (Lipinski definition) is 1. The molecule has 0 bridgehead atoms. The van der Waals surface area contributed by atoms with Crippen LogP contribution in [0.5, 0.6) is 0 Å². The van der Waals surface area contributed by atoms with Crippen LogP contribution in [0, 0.1) is 11.6 Å². The molecule has 26 heavy (non-hydrogen) atoms. The van der Waals surface area contributed by atoms with Crippen LogP contribution in [-0.4, -0.2) is 27.8 Å². The Bertz CT molecular complexity index is 1050. The summed E-state index contributed by atoms with van der Waals surface area (Å²) < 4.78 is 28.7. The van der Waals surface area contributed by atoms with E-state index in [-0.39, 0.29) is 16.8 Å². The van der Waals surface area contributed by atoms with E-state index in [0.29, 0.717) is 17.0 Å². The first-order chi connectivity index (χ1) is 12.4. The molecule has 0 spiro atoms. The summed E-state index contributed by atoms with van der Waals surface area (Å²) in [6.45, 7) is 1.65. The van der Waals surface area contributed by atoms with Crippen molar-refractivity contribution in [3.05, 3.63) is 64.5 Å².